The molecule has 7 heteroatoms. The Morgan fingerprint density at radius 3 is 2.77 bits per heavy atom. The number of carbonyl (C=O) groups excluding carboxylic acids is 1. The van der Waals surface area contributed by atoms with E-state index in [-0.39, 0.29) is 18.6 Å². The highest BCUT2D eigenvalue weighted by atomic mass is 19.1. The average molecular weight is 360 g/mol. The highest BCUT2D eigenvalue weighted by molar-refractivity contribution is 5.73. The quantitative estimate of drug-likeness (QED) is 0.771. The van der Waals surface area contributed by atoms with Crippen molar-refractivity contribution in [2.75, 3.05) is 27.0 Å². The third-order valence-electron chi connectivity index (χ3n) is 3.88. The predicted octanol–water partition coefficient (Wildman–Crippen LogP) is 3.16. The van der Waals surface area contributed by atoms with Gasteiger partial charge in [-0.2, -0.15) is 0 Å². The van der Waals surface area contributed by atoms with Crippen LogP contribution >= 0.6 is 0 Å². The molecule has 0 unspecified atom stereocenters. The molecule has 0 saturated carbocycles. The van der Waals surface area contributed by atoms with E-state index in [4.69, 9.17) is 14.2 Å². The van der Waals surface area contributed by atoms with E-state index >= 15 is 0 Å². The van der Waals surface area contributed by atoms with Gasteiger partial charge in [0, 0.05) is 20.1 Å². The Hall–Kier alpha value is -2.96. The van der Waals surface area contributed by atoms with E-state index in [1.807, 2.05) is 18.2 Å². The van der Waals surface area contributed by atoms with Crippen molar-refractivity contribution < 1.29 is 23.4 Å². The standard InChI is InChI=1S/C19H21FN2O4/c1-22(12-14-3-8-17-18(11-14)26-13-25-17)19(23)21-9-2-10-24-16-6-4-15(20)5-7-16/h3-8,11H,2,9-10,12-13H2,1H3,(H,21,23). The first-order valence-corrected chi connectivity index (χ1v) is 8.38. The van der Waals surface area contributed by atoms with Gasteiger partial charge in [-0.1, -0.05) is 6.07 Å². The second-order valence-corrected chi connectivity index (χ2v) is 5.93. The summed E-state index contributed by atoms with van der Waals surface area (Å²) in [4.78, 5) is 13.7. The zero-order valence-corrected chi connectivity index (χ0v) is 14.5. The van der Waals surface area contributed by atoms with Crippen molar-refractivity contribution in [3.05, 3.63) is 53.8 Å². The number of ether oxygens (including phenoxy) is 3. The van der Waals surface area contributed by atoms with Crippen LogP contribution in [0.1, 0.15) is 12.0 Å². The molecule has 138 valence electrons. The van der Waals surface area contributed by atoms with E-state index in [1.165, 1.54) is 12.1 Å². The molecule has 6 nitrogen and oxygen atoms in total. The Morgan fingerprint density at radius 1 is 1.19 bits per heavy atom. The summed E-state index contributed by atoms with van der Waals surface area (Å²) in [5, 5.41) is 2.84. The largest absolute Gasteiger partial charge is 0.494 e. The van der Waals surface area contributed by atoms with Gasteiger partial charge in [-0.05, 0) is 48.4 Å². The van der Waals surface area contributed by atoms with Crippen molar-refractivity contribution in [2.45, 2.75) is 13.0 Å². The van der Waals surface area contributed by atoms with E-state index in [9.17, 15) is 9.18 Å². The second kappa shape index (κ2) is 8.42. The van der Waals surface area contributed by atoms with E-state index in [1.54, 1.807) is 24.1 Å². The van der Waals surface area contributed by atoms with Crippen molar-refractivity contribution >= 4 is 6.03 Å². The molecule has 0 aliphatic carbocycles. The molecule has 2 aromatic rings. The topological polar surface area (TPSA) is 60.0 Å². The molecule has 2 amide bonds. The number of urea groups is 1. The van der Waals surface area contributed by atoms with Crippen LogP contribution in [-0.2, 0) is 6.54 Å². The normalized spacial score (nSPS) is 11.9. The number of amides is 2. The minimum Gasteiger partial charge on any atom is -0.494 e. The lowest BCUT2D eigenvalue weighted by Crippen LogP contribution is -2.37. The van der Waals surface area contributed by atoms with Crippen molar-refractivity contribution in [1.82, 2.24) is 10.2 Å². The predicted molar refractivity (Wildman–Crippen MR) is 93.9 cm³/mol. The lowest BCUT2D eigenvalue weighted by Gasteiger charge is -2.18. The number of halogens is 1. The number of hydrogen-bond acceptors (Lipinski definition) is 4. The first kappa shape index (κ1) is 17.8. The molecular weight excluding hydrogens is 339 g/mol. The summed E-state index contributed by atoms with van der Waals surface area (Å²) in [6.07, 6.45) is 0.654. The molecule has 0 spiro atoms. The Kier molecular flexibility index (Phi) is 5.78. The molecule has 1 aliphatic rings. The summed E-state index contributed by atoms with van der Waals surface area (Å²) in [6, 6.07) is 11.3. The Labute approximate surface area is 151 Å². The van der Waals surface area contributed by atoms with Gasteiger partial charge in [0.2, 0.25) is 6.79 Å². The molecule has 0 saturated heterocycles. The van der Waals surface area contributed by atoms with Crippen LogP contribution in [0.25, 0.3) is 0 Å². The van der Waals surface area contributed by atoms with Crippen LogP contribution in [0.3, 0.4) is 0 Å². The maximum atomic E-state index is 12.8. The molecule has 2 aromatic carbocycles. The first-order chi connectivity index (χ1) is 12.6. The molecule has 0 fully saturated rings. The number of benzene rings is 2. The third kappa shape index (κ3) is 4.78. The number of fused-ring (bicyclic) bond motifs is 1. The molecule has 26 heavy (non-hydrogen) atoms. The Bertz CT molecular complexity index is 752. The van der Waals surface area contributed by atoms with Crippen LogP contribution in [0, 0.1) is 5.82 Å². The fourth-order valence-corrected chi connectivity index (χ4v) is 2.51. The monoisotopic (exact) mass is 360 g/mol. The summed E-state index contributed by atoms with van der Waals surface area (Å²) in [7, 11) is 1.73. The van der Waals surface area contributed by atoms with Crippen LogP contribution in [0.5, 0.6) is 17.2 Å². The van der Waals surface area contributed by atoms with E-state index in [0.717, 1.165) is 11.3 Å². The third-order valence-corrected chi connectivity index (χ3v) is 3.88. The molecule has 0 radical (unpaired) electrons. The maximum absolute atomic E-state index is 12.8. The zero-order valence-electron chi connectivity index (χ0n) is 14.5. The number of nitrogens with one attached hydrogen (secondary N) is 1. The second-order valence-electron chi connectivity index (χ2n) is 5.93. The lowest BCUT2D eigenvalue weighted by atomic mass is 10.2. The van der Waals surface area contributed by atoms with Crippen LogP contribution in [0.4, 0.5) is 9.18 Å². The average Bonchev–Trinajstić information content (AvgIpc) is 3.10. The van der Waals surface area contributed by atoms with Crippen LogP contribution in [0.15, 0.2) is 42.5 Å². The molecule has 0 atom stereocenters. The molecule has 1 heterocycles. The van der Waals surface area contributed by atoms with Gasteiger partial charge < -0.3 is 24.4 Å². The maximum Gasteiger partial charge on any atom is 0.317 e. The van der Waals surface area contributed by atoms with E-state index in [2.05, 4.69) is 5.32 Å². The summed E-state index contributed by atoms with van der Waals surface area (Å²) in [6.45, 7) is 1.63. The SMILES string of the molecule is CN(Cc1ccc2c(c1)OCO2)C(=O)NCCCOc1ccc(F)cc1. The number of hydrogen-bond donors (Lipinski definition) is 1. The van der Waals surface area contributed by atoms with Crippen molar-refractivity contribution in [3.63, 3.8) is 0 Å². The fraction of sp³-hybridized carbons (Fsp3) is 0.316. The van der Waals surface area contributed by atoms with Crippen molar-refractivity contribution in [3.8, 4) is 17.2 Å². The van der Waals surface area contributed by atoms with Gasteiger partial charge in [0.25, 0.3) is 0 Å². The summed E-state index contributed by atoms with van der Waals surface area (Å²) >= 11 is 0. The molecule has 1 aliphatic heterocycles. The van der Waals surface area contributed by atoms with Crippen LogP contribution < -0.4 is 19.5 Å². The number of rotatable bonds is 7. The molecule has 1 N–H and O–H groups in total. The number of nitrogens with zero attached hydrogens (tertiary/aromatic N) is 1. The summed E-state index contributed by atoms with van der Waals surface area (Å²) < 4.78 is 28.9. The molecule has 0 aromatic heterocycles. The number of carbonyl (C=O) groups is 1. The highest BCUT2D eigenvalue weighted by Gasteiger charge is 2.15. The van der Waals surface area contributed by atoms with Crippen LogP contribution in [0.2, 0.25) is 0 Å². The van der Waals surface area contributed by atoms with Gasteiger partial charge in [-0.25, -0.2) is 9.18 Å². The van der Waals surface area contributed by atoms with Gasteiger partial charge in [0.05, 0.1) is 6.61 Å². The smallest absolute Gasteiger partial charge is 0.317 e. The summed E-state index contributed by atoms with van der Waals surface area (Å²) in [5.41, 5.74) is 0.964. The lowest BCUT2D eigenvalue weighted by molar-refractivity contribution is 0.174. The summed E-state index contributed by atoms with van der Waals surface area (Å²) in [5.74, 6) is 1.74. The first-order valence-electron chi connectivity index (χ1n) is 8.38. The molecular formula is C19H21FN2O4. The van der Waals surface area contributed by atoms with Crippen LogP contribution in [-0.4, -0.2) is 37.9 Å². The minimum absolute atomic E-state index is 0.163. The minimum atomic E-state index is -0.296. The van der Waals surface area contributed by atoms with Crippen molar-refractivity contribution in [2.24, 2.45) is 0 Å². The fourth-order valence-electron chi connectivity index (χ4n) is 2.51. The Morgan fingerprint density at radius 2 is 1.96 bits per heavy atom. The van der Waals surface area contributed by atoms with Crippen molar-refractivity contribution in [1.29, 1.82) is 0 Å². The van der Waals surface area contributed by atoms with Gasteiger partial charge in [0.1, 0.15) is 11.6 Å². The highest BCUT2D eigenvalue weighted by Crippen LogP contribution is 2.32. The molecule has 0 bridgehead atoms. The zero-order chi connectivity index (χ0) is 18.4. The van der Waals surface area contributed by atoms with E-state index in [0.29, 0.717) is 37.6 Å². The van der Waals surface area contributed by atoms with Gasteiger partial charge in [-0.3, -0.25) is 0 Å². The van der Waals surface area contributed by atoms with Gasteiger partial charge >= 0.3 is 6.03 Å². The molecule has 3 rings (SSSR count). The van der Waals surface area contributed by atoms with Gasteiger partial charge in [0.15, 0.2) is 11.5 Å². The van der Waals surface area contributed by atoms with E-state index < -0.39 is 0 Å². The Balaban J connectivity index is 1.35. The van der Waals surface area contributed by atoms with Gasteiger partial charge in [-0.15, -0.1) is 0 Å².